The second-order valence-electron chi connectivity index (χ2n) is 3.28. The summed E-state index contributed by atoms with van der Waals surface area (Å²) in [6.45, 7) is 6.20. The molecule has 0 saturated heterocycles. The van der Waals surface area contributed by atoms with Gasteiger partial charge in [0.1, 0.15) is 11.5 Å². The molecule has 0 spiro atoms. The number of hydrogen-bond donors (Lipinski definition) is 1. The minimum absolute atomic E-state index is 0.535. The lowest BCUT2D eigenvalue weighted by Crippen LogP contribution is -2.25. The molecule has 1 aromatic rings. The molecule has 0 radical (unpaired) electrons. The summed E-state index contributed by atoms with van der Waals surface area (Å²) in [5.74, 6) is 2.75. The minimum Gasteiger partial charge on any atom is -0.466 e. The van der Waals surface area contributed by atoms with Crippen LogP contribution in [0.3, 0.4) is 0 Å². The Kier molecular flexibility index (Phi) is 1.50. The highest BCUT2D eigenvalue weighted by Crippen LogP contribution is 2.26. The van der Waals surface area contributed by atoms with Gasteiger partial charge < -0.3 is 9.73 Å². The maximum Gasteiger partial charge on any atom is 0.112 e. The summed E-state index contributed by atoms with van der Waals surface area (Å²) < 4.78 is 5.58. The first-order valence-corrected chi connectivity index (χ1v) is 4.07. The van der Waals surface area contributed by atoms with Crippen molar-refractivity contribution >= 4 is 0 Å². The molecule has 2 heteroatoms. The molecule has 0 fully saturated rings. The second-order valence-corrected chi connectivity index (χ2v) is 3.28. The Hall–Kier alpha value is -0.760. The van der Waals surface area contributed by atoms with E-state index in [9.17, 15) is 0 Å². The molecule has 0 saturated carbocycles. The SMILES string of the molecule is Cc1cc2c(o1)C(C)CNC2. The van der Waals surface area contributed by atoms with Crippen molar-refractivity contribution in [2.45, 2.75) is 26.3 Å². The van der Waals surface area contributed by atoms with Crippen molar-refractivity contribution in [3.05, 3.63) is 23.2 Å². The van der Waals surface area contributed by atoms with Gasteiger partial charge in [0, 0.05) is 24.6 Å². The van der Waals surface area contributed by atoms with E-state index in [0.717, 1.165) is 18.8 Å². The number of furan rings is 1. The summed E-state index contributed by atoms with van der Waals surface area (Å²) in [6, 6.07) is 2.12. The number of rotatable bonds is 0. The summed E-state index contributed by atoms with van der Waals surface area (Å²) in [7, 11) is 0. The van der Waals surface area contributed by atoms with Crippen molar-refractivity contribution in [2.75, 3.05) is 6.54 Å². The first-order chi connectivity index (χ1) is 5.27. The van der Waals surface area contributed by atoms with Crippen LogP contribution in [0.2, 0.25) is 0 Å². The smallest absolute Gasteiger partial charge is 0.112 e. The van der Waals surface area contributed by atoms with Gasteiger partial charge in [0.05, 0.1) is 0 Å². The van der Waals surface area contributed by atoms with Gasteiger partial charge in [-0.05, 0) is 13.0 Å². The van der Waals surface area contributed by atoms with Crippen LogP contribution >= 0.6 is 0 Å². The number of nitrogens with one attached hydrogen (secondary N) is 1. The van der Waals surface area contributed by atoms with Crippen LogP contribution < -0.4 is 5.32 Å². The van der Waals surface area contributed by atoms with Gasteiger partial charge in [-0.15, -0.1) is 0 Å². The molecule has 1 aliphatic heterocycles. The zero-order valence-corrected chi connectivity index (χ0v) is 6.98. The van der Waals surface area contributed by atoms with Gasteiger partial charge in [-0.25, -0.2) is 0 Å². The molecule has 0 bridgehead atoms. The fraction of sp³-hybridized carbons (Fsp3) is 0.556. The van der Waals surface area contributed by atoms with Gasteiger partial charge >= 0.3 is 0 Å². The van der Waals surface area contributed by atoms with Crippen LogP contribution in [-0.2, 0) is 6.54 Å². The molecule has 1 atom stereocenters. The van der Waals surface area contributed by atoms with Crippen LogP contribution in [0.1, 0.15) is 29.9 Å². The van der Waals surface area contributed by atoms with Crippen LogP contribution in [0.25, 0.3) is 0 Å². The van der Waals surface area contributed by atoms with Crippen LogP contribution in [0.15, 0.2) is 10.5 Å². The van der Waals surface area contributed by atoms with E-state index in [1.165, 1.54) is 11.3 Å². The van der Waals surface area contributed by atoms with E-state index >= 15 is 0 Å². The van der Waals surface area contributed by atoms with E-state index in [4.69, 9.17) is 4.42 Å². The van der Waals surface area contributed by atoms with E-state index in [0.29, 0.717) is 5.92 Å². The number of fused-ring (bicyclic) bond motifs is 1. The fourth-order valence-corrected chi connectivity index (χ4v) is 1.66. The van der Waals surface area contributed by atoms with Crippen LogP contribution in [-0.4, -0.2) is 6.54 Å². The third-order valence-corrected chi connectivity index (χ3v) is 2.18. The molecule has 2 nitrogen and oxygen atoms in total. The van der Waals surface area contributed by atoms with E-state index in [-0.39, 0.29) is 0 Å². The largest absolute Gasteiger partial charge is 0.466 e. The maximum atomic E-state index is 5.58. The van der Waals surface area contributed by atoms with Crippen LogP contribution in [0, 0.1) is 6.92 Å². The number of hydrogen-bond acceptors (Lipinski definition) is 2. The summed E-state index contributed by atoms with van der Waals surface area (Å²) in [5.41, 5.74) is 1.33. The van der Waals surface area contributed by atoms with Gasteiger partial charge in [-0.1, -0.05) is 6.92 Å². The quantitative estimate of drug-likeness (QED) is 0.611. The molecule has 2 heterocycles. The molecular weight excluding hydrogens is 138 g/mol. The predicted molar refractivity (Wildman–Crippen MR) is 43.6 cm³/mol. The van der Waals surface area contributed by atoms with Crippen LogP contribution in [0.5, 0.6) is 0 Å². The average Bonchev–Trinajstić information content (AvgIpc) is 2.31. The summed E-state index contributed by atoms with van der Waals surface area (Å²) in [6.07, 6.45) is 0. The Morgan fingerprint density at radius 1 is 1.64 bits per heavy atom. The molecule has 60 valence electrons. The number of aryl methyl sites for hydroxylation is 1. The highest BCUT2D eigenvalue weighted by atomic mass is 16.3. The topological polar surface area (TPSA) is 25.2 Å². The van der Waals surface area contributed by atoms with E-state index in [1.807, 2.05) is 6.92 Å². The van der Waals surface area contributed by atoms with Gasteiger partial charge in [0.2, 0.25) is 0 Å². The molecule has 0 amide bonds. The Balaban J connectivity index is 2.43. The molecule has 1 aliphatic rings. The molecular formula is C9H13NO. The highest BCUT2D eigenvalue weighted by Gasteiger charge is 2.19. The Morgan fingerprint density at radius 3 is 3.18 bits per heavy atom. The van der Waals surface area contributed by atoms with Gasteiger partial charge in [0.15, 0.2) is 0 Å². The maximum absolute atomic E-state index is 5.58. The van der Waals surface area contributed by atoms with Gasteiger partial charge in [-0.3, -0.25) is 0 Å². The molecule has 1 N–H and O–H groups in total. The fourth-order valence-electron chi connectivity index (χ4n) is 1.66. The lowest BCUT2D eigenvalue weighted by atomic mass is 10.0. The van der Waals surface area contributed by atoms with Crippen molar-refractivity contribution in [3.8, 4) is 0 Å². The van der Waals surface area contributed by atoms with E-state index in [1.54, 1.807) is 0 Å². The lowest BCUT2D eigenvalue weighted by Gasteiger charge is -2.17. The van der Waals surface area contributed by atoms with Crippen LogP contribution in [0.4, 0.5) is 0 Å². The minimum atomic E-state index is 0.535. The third-order valence-electron chi connectivity index (χ3n) is 2.18. The predicted octanol–water partition coefficient (Wildman–Crippen LogP) is 1.79. The van der Waals surface area contributed by atoms with Gasteiger partial charge in [-0.2, -0.15) is 0 Å². The van der Waals surface area contributed by atoms with E-state index < -0.39 is 0 Å². The standard InChI is InChI=1S/C9H13NO/c1-6-4-10-5-8-3-7(2)11-9(6)8/h3,6,10H,4-5H2,1-2H3. The summed E-state index contributed by atoms with van der Waals surface area (Å²) >= 11 is 0. The average molecular weight is 151 g/mol. The van der Waals surface area contributed by atoms with Crippen molar-refractivity contribution in [1.29, 1.82) is 0 Å². The molecule has 0 aromatic carbocycles. The van der Waals surface area contributed by atoms with Crippen molar-refractivity contribution in [1.82, 2.24) is 5.32 Å². The molecule has 11 heavy (non-hydrogen) atoms. The Morgan fingerprint density at radius 2 is 2.45 bits per heavy atom. The van der Waals surface area contributed by atoms with Crippen molar-refractivity contribution in [3.63, 3.8) is 0 Å². The lowest BCUT2D eigenvalue weighted by molar-refractivity contribution is 0.418. The van der Waals surface area contributed by atoms with Crippen molar-refractivity contribution in [2.24, 2.45) is 0 Å². The second kappa shape index (κ2) is 2.38. The molecule has 0 aliphatic carbocycles. The molecule has 2 rings (SSSR count). The van der Waals surface area contributed by atoms with Gasteiger partial charge in [0.25, 0.3) is 0 Å². The Bertz CT molecular complexity index is 265. The summed E-state index contributed by atoms with van der Waals surface area (Å²) in [5, 5.41) is 3.34. The highest BCUT2D eigenvalue weighted by molar-refractivity contribution is 5.26. The normalized spacial score (nSPS) is 23.3. The Labute approximate surface area is 66.6 Å². The zero-order valence-electron chi connectivity index (χ0n) is 6.98. The monoisotopic (exact) mass is 151 g/mol. The molecule has 1 aromatic heterocycles. The van der Waals surface area contributed by atoms with E-state index in [2.05, 4.69) is 18.3 Å². The molecule has 1 unspecified atom stereocenters. The summed E-state index contributed by atoms with van der Waals surface area (Å²) in [4.78, 5) is 0. The first kappa shape index (κ1) is 6.92. The van der Waals surface area contributed by atoms with Crippen molar-refractivity contribution < 1.29 is 4.42 Å². The first-order valence-electron chi connectivity index (χ1n) is 4.07. The third kappa shape index (κ3) is 1.07. The zero-order chi connectivity index (χ0) is 7.84.